The Morgan fingerprint density at radius 3 is 2.59 bits per heavy atom. The van der Waals surface area contributed by atoms with E-state index in [1.165, 1.54) is 7.11 Å². The third kappa shape index (κ3) is 2.34. The fraction of sp³-hybridized carbons (Fsp3) is 0.455. The minimum Gasteiger partial charge on any atom is -0.495 e. The van der Waals surface area contributed by atoms with Crippen LogP contribution in [0.25, 0.3) is 0 Å². The summed E-state index contributed by atoms with van der Waals surface area (Å²) in [6.45, 7) is 0. The fourth-order valence-corrected chi connectivity index (χ4v) is 4.39. The minimum atomic E-state index is -3.42. The Bertz CT molecular complexity index is 520. The number of aliphatic hydroxyl groups excluding tert-OH is 1. The van der Waals surface area contributed by atoms with Crippen LogP contribution in [0.3, 0.4) is 0 Å². The molecule has 1 aromatic rings. The first kappa shape index (κ1) is 12.9. The van der Waals surface area contributed by atoms with Crippen LogP contribution < -0.4 is 4.74 Å². The molecule has 1 saturated carbocycles. The molecule has 6 heteroatoms. The molecule has 0 radical (unpaired) electrons. The molecule has 1 aromatic carbocycles. The summed E-state index contributed by atoms with van der Waals surface area (Å²) in [6.07, 6.45) is 0.114. The number of rotatable bonds is 3. The van der Waals surface area contributed by atoms with Crippen LogP contribution in [0, 0.1) is 0 Å². The summed E-state index contributed by atoms with van der Waals surface area (Å²) in [7, 11) is -1.97. The molecule has 4 nitrogen and oxygen atoms in total. The maximum absolute atomic E-state index is 12.3. The molecule has 1 aliphatic rings. The highest BCUT2D eigenvalue weighted by molar-refractivity contribution is 9.10. The Morgan fingerprint density at radius 2 is 2.06 bits per heavy atom. The van der Waals surface area contributed by atoms with Crippen LogP contribution in [-0.4, -0.2) is 32.0 Å². The van der Waals surface area contributed by atoms with Gasteiger partial charge in [0.15, 0.2) is 9.84 Å². The molecule has 0 unspecified atom stereocenters. The highest BCUT2D eigenvalue weighted by Gasteiger charge is 2.40. The van der Waals surface area contributed by atoms with Crippen LogP contribution >= 0.6 is 15.9 Å². The number of halogens is 1. The van der Waals surface area contributed by atoms with Crippen molar-refractivity contribution in [2.45, 2.75) is 29.1 Å². The average molecular weight is 321 g/mol. The molecule has 94 valence electrons. The molecule has 1 aliphatic carbocycles. The quantitative estimate of drug-likeness (QED) is 0.921. The molecule has 0 saturated heterocycles. The van der Waals surface area contributed by atoms with E-state index >= 15 is 0 Å². The van der Waals surface area contributed by atoms with Crippen molar-refractivity contribution >= 4 is 25.8 Å². The molecule has 0 atom stereocenters. The fourth-order valence-electron chi connectivity index (χ4n) is 1.84. The van der Waals surface area contributed by atoms with Crippen LogP contribution in [0.4, 0.5) is 0 Å². The number of sulfone groups is 1. The standard InChI is InChI=1S/C11H13BrO4S/c1-16-10-3-2-7(12)4-11(10)17(14,15)9-5-8(13)6-9/h2-4,8-9,13H,5-6H2,1H3/t8-,9-. The first-order valence-electron chi connectivity index (χ1n) is 5.20. The SMILES string of the molecule is COc1ccc(Br)cc1S(=O)(=O)[C@H]1C[C@H](O)C1. The highest BCUT2D eigenvalue weighted by Crippen LogP contribution is 2.36. The van der Waals surface area contributed by atoms with E-state index in [0.29, 0.717) is 23.1 Å². The van der Waals surface area contributed by atoms with E-state index in [9.17, 15) is 13.5 Å². The van der Waals surface area contributed by atoms with Crippen LogP contribution in [0.15, 0.2) is 27.6 Å². The van der Waals surface area contributed by atoms with Crippen molar-refractivity contribution in [2.24, 2.45) is 0 Å². The molecule has 1 fully saturated rings. The van der Waals surface area contributed by atoms with Crippen LogP contribution in [0.2, 0.25) is 0 Å². The Morgan fingerprint density at radius 1 is 1.41 bits per heavy atom. The third-order valence-electron chi connectivity index (χ3n) is 2.94. The van der Waals surface area contributed by atoms with E-state index < -0.39 is 21.2 Å². The number of ether oxygens (including phenoxy) is 1. The topological polar surface area (TPSA) is 63.6 Å². The summed E-state index contributed by atoms with van der Waals surface area (Å²) in [5.41, 5.74) is 0. The number of benzene rings is 1. The minimum absolute atomic E-state index is 0.186. The van der Waals surface area contributed by atoms with Crippen LogP contribution in [-0.2, 0) is 9.84 Å². The van der Waals surface area contributed by atoms with Gasteiger partial charge in [-0.1, -0.05) is 15.9 Å². The Hall–Kier alpha value is -0.590. The Labute approximate surface area is 109 Å². The second-order valence-corrected chi connectivity index (χ2v) is 7.20. The van der Waals surface area contributed by atoms with Gasteiger partial charge in [-0.25, -0.2) is 8.42 Å². The van der Waals surface area contributed by atoms with E-state index in [2.05, 4.69) is 15.9 Å². The highest BCUT2D eigenvalue weighted by atomic mass is 79.9. The monoisotopic (exact) mass is 320 g/mol. The predicted octanol–water partition coefficient (Wildman–Crippen LogP) is 1.75. The lowest BCUT2D eigenvalue weighted by Gasteiger charge is -2.31. The lowest BCUT2D eigenvalue weighted by atomic mass is 9.96. The molecular weight excluding hydrogens is 308 g/mol. The van der Waals surface area contributed by atoms with Gasteiger partial charge >= 0.3 is 0 Å². The van der Waals surface area contributed by atoms with Crippen molar-refractivity contribution in [1.29, 1.82) is 0 Å². The second kappa shape index (κ2) is 4.59. The van der Waals surface area contributed by atoms with Gasteiger partial charge in [-0.05, 0) is 31.0 Å². The maximum Gasteiger partial charge on any atom is 0.185 e. The van der Waals surface area contributed by atoms with Crippen molar-refractivity contribution in [3.63, 3.8) is 0 Å². The number of aliphatic hydroxyl groups is 1. The smallest absolute Gasteiger partial charge is 0.185 e. The average Bonchev–Trinajstić information content (AvgIpc) is 2.24. The van der Waals surface area contributed by atoms with Gasteiger partial charge in [0, 0.05) is 4.47 Å². The van der Waals surface area contributed by atoms with Crippen molar-refractivity contribution in [2.75, 3.05) is 7.11 Å². The van der Waals surface area contributed by atoms with Gasteiger partial charge in [0.2, 0.25) is 0 Å². The molecule has 17 heavy (non-hydrogen) atoms. The predicted molar refractivity (Wildman–Crippen MR) is 66.9 cm³/mol. The molecule has 0 spiro atoms. The molecule has 0 aromatic heterocycles. The maximum atomic E-state index is 12.3. The second-order valence-electron chi connectivity index (χ2n) is 4.09. The number of methoxy groups -OCH3 is 1. The van der Waals surface area contributed by atoms with Crippen LogP contribution in [0.5, 0.6) is 5.75 Å². The van der Waals surface area contributed by atoms with E-state index in [1.54, 1.807) is 18.2 Å². The summed E-state index contributed by atoms with van der Waals surface area (Å²) in [6, 6.07) is 4.89. The zero-order valence-corrected chi connectivity index (χ0v) is 11.7. The van der Waals surface area contributed by atoms with E-state index in [-0.39, 0.29) is 4.90 Å². The normalized spacial score (nSPS) is 24.2. The summed E-state index contributed by atoms with van der Waals surface area (Å²) < 4.78 is 30.3. The van der Waals surface area contributed by atoms with Crippen LogP contribution in [0.1, 0.15) is 12.8 Å². The van der Waals surface area contributed by atoms with E-state index in [4.69, 9.17) is 4.74 Å². The molecular formula is C11H13BrO4S. The first-order valence-corrected chi connectivity index (χ1v) is 7.54. The lowest BCUT2D eigenvalue weighted by molar-refractivity contribution is 0.0976. The summed E-state index contributed by atoms with van der Waals surface area (Å²) >= 11 is 3.25. The van der Waals surface area contributed by atoms with E-state index in [1.807, 2.05) is 0 Å². The van der Waals surface area contributed by atoms with Crippen molar-refractivity contribution < 1.29 is 18.3 Å². The molecule has 0 amide bonds. The summed E-state index contributed by atoms with van der Waals surface area (Å²) in [5, 5.41) is 8.71. The molecule has 0 aliphatic heterocycles. The third-order valence-corrected chi connectivity index (χ3v) is 5.63. The largest absolute Gasteiger partial charge is 0.495 e. The van der Waals surface area contributed by atoms with Crippen molar-refractivity contribution in [1.82, 2.24) is 0 Å². The lowest BCUT2D eigenvalue weighted by Crippen LogP contribution is -2.39. The van der Waals surface area contributed by atoms with Gasteiger partial charge in [0.05, 0.1) is 18.5 Å². The molecule has 2 rings (SSSR count). The molecule has 1 N–H and O–H groups in total. The molecule has 0 heterocycles. The first-order chi connectivity index (χ1) is 7.95. The van der Waals surface area contributed by atoms with Crippen molar-refractivity contribution in [3.05, 3.63) is 22.7 Å². The van der Waals surface area contributed by atoms with Crippen molar-refractivity contribution in [3.8, 4) is 5.75 Å². The number of hydrogen-bond acceptors (Lipinski definition) is 4. The van der Waals surface area contributed by atoms with Gasteiger partial charge in [-0.15, -0.1) is 0 Å². The molecule has 0 bridgehead atoms. The Balaban J connectivity index is 2.42. The van der Waals surface area contributed by atoms with Gasteiger partial charge in [0.1, 0.15) is 10.6 Å². The van der Waals surface area contributed by atoms with E-state index in [0.717, 1.165) is 0 Å². The summed E-state index contributed by atoms with van der Waals surface area (Å²) in [5.74, 6) is 0.342. The van der Waals surface area contributed by atoms with Gasteiger partial charge in [-0.3, -0.25) is 0 Å². The van der Waals surface area contributed by atoms with Gasteiger partial charge in [0.25, 0.3) is 0 Å². The van der Waals surface area contributed by atoms with Gasteiger partial charge in [-0.2, -0.15) is 0 Å². The summed E-state index contributed by atoms with van der Waals surface area (Å²) in [4.78, 5) is 0.186. The number of hydrogen-bond donors (Lipinski definition) is 1. The zero-order chi connectivity index (χ0) is 12.6. The zero-order valence-electron chi connectivity index (χ0n) is 9.26. The Kier molecular flexibility index (Phi) is 3.47. The van der Waals surface area contributed by atoms with Gasteiger partial charge < -0.3 is 9.84 Å².